The summed E-state index contributed by atoms with van der Waals surface area (Å²) in [4.78, 5) is 42.7. The van der Waals surface area contributed by atoms with Gasteiger partial charge >= 0.3 is 0 Å². The summed E-state index contributed by atoms with van der Waals surface area (Å²) in [5, 5.41) is -0.0640. The highest BCUT2D eigenvalue weighted by molar-refractivity contribution is 8.13. The van der Waals surface area contributed by atoms with Gasteiger partial charge in [-0.15, -0.1) is 0 Å². The van der Waals surface area contributed by atoms with Crippen molar-refractivity contribution in [2.45, 2.75) is 25.4 Å². The lowest BCUT2D eigenvalue weighted by atomic mass is 10.1. The molecule has 2 saturated heterocycles. The fraction of sp³-hybridized carbons (Fsp3) is 0.526. The van der Waals surface area contributed by atoms with Crippen molar-refractivity contribution >= 4 is 34.5 Å². The Kier molecular flexibility index (Phi) is 5.24. The molecule has 3 amide bonds. The van der Waals surface area contributed by atoms with Gasteiger partial charge in [-0.25, -0.2) is 0 Å². The number of fused-ring (bicyclic) bond motifs is 1. The molecule has 3 aliphatic heterocycles. The van der Waals surface area contributed by atoms with Gasteiger partial charge in [-0.1, -0.05) is 23.9 Å². The lowest BCUT2D eigenvalue weighted by Crippen LogP contribution is -2.54. The van der Waals surface area contributed by atoms with Gasteiger partial charge in [0.05, 0.1) is 12.2 Å². The number of para-hydroxylation sites is 2. The van der Waals surface area contributed by atoms with Crippen LogP contribution < -0.4 is 9.64 Å². The number of amides is 3. The Balaban J connectivity index is 1.53. The first-order valence-corrected chi connectivity index (χ1v) is 10.4. The average molecular weight is 389 g/mol. The lowest BCUT2D eigenvalue weighted by molar-refractivity contribution is -0.139. The van der Waals surface area contributed by atoms with Gasteiger partial charge in [-0.05, 0) is 31.4 Å². The van der Waals surface area contributed by atoms with Crippen molar-refractivity contribution in [1.29, 1.82) is 0 Å². The first kappa shape index (κ1) is 18.2. The van der Waals surface area contributed by atoms with Crippen LogP contribution in [0.3, 0.4) is 0 Å². The molecule has 2 fully saturated rings. The van der Waals surface area contributed by atoms with Crippen LogP contribution >= 0.6 is 11.8 Å². The third kappa shape index (κ3) is 3.76. The number of piperidine rings is 1. The average Bonchev–Trinajstić information content (AvgIpc) is 3.11. The lowest BCUT2D eigenvalue weighted by Gasteiger charge is -2.37. The normalized spacial score (nSPS) is 22.4. The quantitative estimate of drug-likeness (QED) is 0.790. The molecule has 0 aliphatic carbocycles. The van der Waals surface area contributed by atoms with Gasteiger partial charge < -0.3 is 19.4 Å². The molecule has 144 valence electrons. The Morgan fingerprint density at radius 1 is 1.11 bits per heavy atom. The molecule has 0 saturated carbocycles. The van der Waals surface area contributed by atoms with Crippen molar-refractivity contribution < 1.29 is 19.1 Å². The first-order valence-electron chi connectivity index (χ1n) is 9.40. The standard InChI is InChI=1S/C19H23N3O4S/c23-17(13-21-10-11-27-19(21)25)22-12-16(18(24)20-8-4-1-5-9-20)26-15-7-3-2-6-14(15)22/h2-3,6-7,16H,1,4-5,8-13H2/t16-/m1/s1. The minimum atomic E-state index is -0.703. The van der Waals surface area contributed by atoms with Gasteiger partial charge in [0.25, 0.3) is 11.1 Å². The topological polar surface area (TPSA) is 70.2 Å². The number of rotatable bonds is 3. The van der Waals surface area contributed by atoms with Crippen LogP contribution in [-0.2, 0) is 9.59 Å². The Morgan fingerprint density at radius 2 is 1.89 bits per heavy atom. The van der Waals surface area contributed by atoms with Crippen LogP contribution in [0.25, 0.3) is 0 Å². The second-order valence-electron chi connectivity index (χ2n) is 7.00. The summed E-state index contributed by atoms with van der Waals surface area (Å²) in [5.41, 5.74) is 0.657. The molecule has 7 nitrogen and oxygen atoms in total. The van der Waals surface area contributed by atoms with Crippen LogP contribution in [0.4, 0.5) is 10.5 Å². The number of hydrogen-bond acceptors (Lipinski definition) is 5. The zero-order valence-corrected chi connectivity index (χ0v) is 16.0. The van der Waals surface area contributed by atoms with Gasteiger partial charge in [0.15, 0.2) is 6.10 Å². The number of ether oxygens (including phenoxy) is 1. The van der Waals surface area contributed by atoms with Gasteiger partial charge in [0, 0.05) is 25.4 Å². The van der Waals surface area contributed by atoms with E-state index in [1.54, 1.807) is 15.9 Å². The summed E-state index contributed by atoms with van der Waals surface area (Å²) in [6.45, 7) is 2.28. The van der Waals surface area contributed by atoms with Crippen molar-refractivity contribution in [3.8, 4) is 5.75 Å². The van der Waals surface area contributed by atoms with E-state index >= 15 is 0 Å². The molecule has 0 N–H and O–H groups in total. The van der Waals surface area contributed by atoms with Crippen molar-refractivity contribution in [3.05, 3.63) is 24.3 Å². The number of likely N-dealkylation sites (tertiary alicyclic amines) is 1. The Morgan fingerprint density at radius 3 is 2.63 bits per heavy atom. The highest BCUT2D eigenvalue weighted by Crippen LogP contribution is 2.34. The monoisotopic (exact) mass is 389 g/mol. The highest BCUT2D eigenvalue weighted by atomic mass is 32.2. The molecule has 0 aromatic heterocycles. The smallest absolute Gasteiger partial charge is 0.282 e. The summed E-state index contributed by atoms with van der Waals surface area (Å²) in [6.07, 6.45) is 2.45. The van der Waals surface area contributed by atoms with Crippen LogP contribution in [0.2, 0.25) is 0 Å². The molecule has 1 atom stereocenters. The minimum absolute atomic E-state index is 0.0325. The molecule has 27 heavy (non-hydrogen) atoms. The number of nitrogens with zero attached hydrogens (tertiary/aromatic N) is 3. The fourth-order valence-corrected chi connectivity index (χ4v) is 4.56. The molecular weight excluding hydrogens is 366 g/mol. The largest absolute Gasteiger partial charge is 0.476 e. The number of benzene rings is 1. The van der Waals surface area contributed by atoms with Crippen molar-refractivity contribution in [1.82, 2.24) is 9.80 Å². The van der Waals surface area contributed by atoms with Crippen LogP contribution in [0.15, 0.2) is 24.3 Å². The van der Waals surface area contributed by atoms with E-state index in [2.05, 4.69) is 0 Å². The van der Waals surface area contributed by atoms with Crippen molar-refractivity contribution in [3.63, 3.8) is 0 Å². The van der Waals surface area contributed by atoms with Gasteiger partial charge in [0.2, 0.25) is 5.91 Å². The first-order chi connectivity index (χ1) is 13.1. The van der Waals surface area contributed by atoms with E-state index in [1.165, 1.54) is 11.8 Å². The van der Waals surface area contributed by atoms with E-state index in [0.29, 0.717) is 23.7 Å². The van der Waals surface area contributed by atoms with Crippen LogP contribution in [0, 0.1) is 0 Å². The molecule has 8 heteroatoms. The molecule has 1 aromatic rings. The van der Waals surface area contributed by atoms with E-state index in [4.69, 9.17) is 4.74 Å². The van der Waals surface area contributed by atoms with Crippen molar-refractivity contribution in [2.75, 3.05) is 43.4 Å². The summed E-state index contributed by atoms with van der Waals surface area (Å²) >= 11 is 1.23. The highest BCUT2D eigenvalue weighted by Gasteiger charge is 2.37. The van der Waals surface area contributed by atoms with Gasteiger partial charge in [-0.3, -0.25) is 14.4 Å². The zero-order chi connectivity index (χ0) is 18.8. The summed E-state index contributed by atoms with van der Waals surface area (Å²) < 4.78 is 5.95. The van der Waals surface area contributed by atoms with Crippen LogP contribution in [0.1, 0.15) is 19.3 Å². The van der Waals surface area contributed by atoms with E-state index in [-0.39, 0.29) is 30.1 Å². The Bertz CT molecular complexity index is 750. The number of hydrogen-bond donors (Lipinski definition) is 0. The third-order valence-electron chi connectivity index (χ3n) is 5.19. The van der Waals surface area contributed by atoms with Crippen LogP contribution in [-0.4, -0.2) is 71.4 Å². The Hall–Kier alpha value is -2.22. The summed E-state index contributed by atoms with van der Waals surface area (Å²) in [5.74, 6) is 1.00. The number of carbonyl (C=O) groups is 3. The van der Waals surface area contributed by atoms with Gasteiger partial charge in [-0.2, -0.15) is 0 Å². The molecule has 0 unspecified atom stereocenters. The molecule has 3 aliphatic rings. The second kappa shape index (κ2) is 7.80. The maximum atomic E-state index is 12.9. The molecule has 1 aromatic carbocycles. The SMILES string of the molecule is O=C1SCCN1CC(=O)N1C[C@H](C(=O)N2CCCCC2)Oc2ccccc21. The van der Waals surface area contributed by atoms with Gasteiger partial charge in [0.1, 0.15) is 12.3 Å². The molecule has 0 spiro atoms. The summed E-state index contributed by atoms with van der Waals surface area (Å²) in [7, 11) is 0. The number of anilines is 1. The Labute approximate surface area is 162 Å². The molecule has 0 bridgehead atoms. The molecule has 0 radical (unpaired) electrons. The second-order valence-corrected chi connectivity index (χ2v) is 8.05. The predicted molar refractivity (Wildman–Crippen MR) is 103 cm³/mol. The zero-order valence-electron chi connectivity index (χ0n) is 15.1. The van der Waals surface area contributed by atoms with E-state index in [9.17, 15) is 14.4 Å². The fourth-order valence-electron chi connectivity index (χ4n) is 3.74. The molecule has 3 heterocycles. The van der Waals surface area contributed by atoms with E-state index < -0.39 is 6.10 Å². The molecule has 4 rings (SSSR count). The van der Waals surface area contributed by atoms with Crippen LogP contribution in [0.5, 0.6) is 5.75 Å². The number of thioether (sulfide) groups is 1. The maximum Gasteiger partial charge on any atom is 0.282 e. The summed E-state index contributed by atoms with van der Waals surface area (Å²) in [6, 6.07) is 7.26. The van der Waals surface area contributed by atoms with Crippen molar-refractivity contribution in [2.24, 2.45) is 0 Å². The van der Waals surface area contributed by atoms with E-state index in [0.717, 1.165) is 32.4 Å². The molecular formula is C19H23N3O4S. The van der Waals surface area contributed by atoms with E-state index in [1.807, 2.05) is 23.1 Å². The maximum absolute atomic E-state index is 12.9. The predicted octanol–water partition coefficient (Wildman–Crippen LogP) is 1.96. The minimum Gasteiger partial charge on any atom is -0.476 e. The third-order valence-corrected chi connectivity index (χ3v) is 6.08. The number of carbonyl (C=O) groups excluding carboxylic acids is 3.